The molecule has 0 radical (unpaired) electrons. The van der Waals surface area contributed by atoms with Gasteiger partial charge in [0.15, 0.2) is 0 Å². The van der Waals surface area contributed by atoms with Gasteiger partial charge >= 0.3 is 0 Å². The summed E-state index contributed by atoms with van der Waals surface area (Å²) in [4.78, 5) is 7.22. The highest BCUT2D eigenvalue weighted by Crippen LogP contribution is 2.16. The maximum Gasteiger partial charge on any atom is 0.0642 e. The smallest absolute Gasteiger partial charge is 0.0642 e. The van der Waals surface area contributed by atoms with E-state index in [4.69, 9.17) is 5.73 Å². The second-order valence-corrected chi connectivity index (χ2v) is 2.98. The Morgan fingerprint density at radius 3 is 2.92 bits per heavy atom. The van der Waals surface area contributed by atoms with Crippen molar-refractivity contribution in [1.29, 1.82) is 0 Å². The molecular formula is C9H12ClN3. The third kappa shape index (κ3) is 1.82. The summed E-state index contributed by atoms with van der Waals surface area (Å²) in [6, 6.07) is 4.08. The summed E-state index contributed by atoms with van der Waals surface area (Å²) in [5.41, 5.74) is 7.83. The maximum atomic E-state index is 5.73. The van der Waals surface area contributed by atoms with Crippen LogP contribution in [0.15, 0.2) is 24.5 Å². The van der Waals surface area contributed by atoms with Crippen molar-refractivity contribution < 1.29 is 0 Å². The highest BCUT2D eigenvalue weighted by molar-refractivity contribution is 5.85. The van der Waals surface area contributed by atoms with Gasteiger partial charge in [0.25, 0.3) is 0 Å². The molecule has 0 bridgehead atoms. The van der Waals surface area contributed by atoms with Crippen LogP contribution in [0.3, 0.4) is 0 Å². The van der Waals surface area contributed by atoms with Crippen molar-refractivity contribution in [3.63, 3.8) is 0 Å². The summed E-state index contributed by atoms with van der Waals surface area (Å²) < 4.78 is 0. The van der Waals surface area contributed by atoms with Gasteiger partial charge in [-0.05, 0) is 19.1 Å². The number of nitrogens with two attached hydrogens (primary N) is 1. The molecule has 0 aliphatic heterocycles. The predicted molar refractivity (Wildman–Crippen MR) is 55.9 cm³/mol. The minimum absolute atomic E-state index is 0. The number of fused-ring (bicyclic) bond motifs is 1. The Labute approximate surface area is 82.8 Å². The summed E-state index contributed by atoms with van der Waals surface area (Å²) in [5.74, 6) is 0. The molecule has 70 valence electrons. The van der Waals surface area contributed by atoms with Crippen molar-refractivity contribution in [2.24, 2.45) is 5.73 Å². The molecule has 1 atom stereocenters. The molecule has 2 aromatic heterocycles. The molecule has 0 aromatic carbocycles. The zero-order valence-electron chi connectivity index (χ0n) is 7.32. The van der Waals surface area contributed by atoms with Crippen molar-refractivity contribution in [3.8, 4) is 0 Å². The summed E-state index contributed by atoms with van der Waals surface area (Å²) in [7, 11) is 0. The Morgan fingerprint density at radius 2 is 2.31 bits per heavy atom. The molecule has 13 heavy (non-hydrogen) atoms. The molecule has 0 amide bonds. The third-order valence-electron chi connectivity index (χ3n) is 1.94. The Balaban J connectivity index is 0.000000845. The minimum atomic E-state index is 0. The number of hydrogen-bond donors (Lipinski definition) is 2. The van der Waals surface area contributed by atoms with Gasteiger partial charge in [0.05, 0.1) is 11.7 Å². The molecule has 2 rings (SSSR count). The van der Waals surface area contributed by atoms with Crippen molar-refractivity contribution in [2.75, 3.05) is 0 Å². The first kappa shape index (κ1) is 10.0. The fourth-order valence-corrected chi connectivity index (χ4v) is 1.24. The SMILES string of the molecule is CC(N)c1cc2ccncc2[nH]1.Cl. The summed E-state index contributed by atoms with van der Waals surface area (Å²) in [5, 5.41) is 1.16. The summed E-state index contributed by atoms with van der Waals surface area (Å²) in [6.45, 7) is 1.96. The lowest BCUT2D eigenvalue weighted by atomic mass is 10.2. The van der Waals surface area contributed by atoms with E-state index < -0.39 is 0 Å². The van der Waals surface area contributed by atoms with Crippen molar-refractivity contribution >= 4 is 23.3 Å². The number of aromatic nitrogens is 2. The molecular weight excluding hydrogens is 186 g/mol. The van der Waals surface area contributed by atoms with Crippen LogP contribution in [0, 0.1) is 0 Å². The second kappa shape index (κ2) is 3.77. The molecule has 0 fully saturated rings. The van der Waals surface area contributed by atoms with E-state index in [1.807, 2.05) is 13.0 Å². The number of hydrogen-bond acceptors (Lipinski definition) is 2. The van der Waals surface area contributed by atoms with E-state index in [0.29, 0.717) is 0 Å². The quantitative estimate of drug-likeness (QED) is 0.735. The van der Waals surface area contributed by atoms with Crippen LogP contribution in [0.4, 0.5) is 0 Å². The number of aromatic amines is 1. The van der Waals surface area contributed by atoms with Crippen LogP contribution in [0.25, 0.3) is 10.9 Å². The highest BCUT2D eigenvalue weighted by atomic mass is 35.5. The predicted octanol–water partition coefficient (Wildman–Crippen LogP) is 2.00. The molecule has 0 saturated heterocycles. The molecule has 3 N–H and O–H groups in total. The Bertz CT molecular complexity index is 361. The normalized spacial score (nSPS) is 12.5. The van der Waals surface area contributed by atoms with Gasteiger partial charge in [-0.3, -0.25) is 4.98 Å². The summed E-state index contributed by atoms with van der Waals surface area (Å²) in [6.07, 6.45) is 3.59. The van der Waals surface area contributed by atoms with E-state index in [9.17, 15) is 0 Å². The molecule has 0 saturated carbocycles. The van der Waals surface area contributed by atoms with E-state index in [0.717, 1.165) is 16.6 Å². The van der Waals surface area contributed by atoms with Gasteiger partial charge < -0.3 is 10.7 Å². The first-order valence-corrected chi connectivity index (χ1v) is 3.95. The Morgan fingerprint density at radius 1 is 1.54 bits per heavy atom. The fraction of sp³-hybridized carbons (Fsp3) is 0.222. The van der Waals surface area contributed by atoms with Crippen molar-refractivity contribution in [2.45, 2.75) is 13.0 Å². The zero-order valence-corrected chi connectivity index (χ0v) is 8.14. The second-order valence-electron chi connectivity index (χ2n) is 2.98. The highest BCUT2D eigenvalue weighted by Gasteiger charge is 2.02. The molecule has 0 aliphatic rings. The minimum Gasteiger partial charge on any atom is -0.356 e. The number of rotatable bonds is 1. The number of H-pyrrole nitrogens is 1. The monoisotopic (exact) mass is 197 g/mol. The van der Waals surface area contributed by atoms with Crippen LogP contribution >= 0.6 is 12.4 Å². The number of halogens is 1. The number of pyridine rings is 1. The van der Waals surface area contributed by atoms with Crippen LogP contribution in [0.5, 0.6) is 0 Å². The maximum absolute atomic E-state index is 5.73. The fourth-order valence-electron chi connectivity index (χ4n) is 1.24. The molecule has 3 nitrogen and oxygen atoms in total. The average molecular weight is 198 g/mol. The number of nitrogens with one attached hydrogen (secondary N) is 1. The lowest BCUT2D eigenvalue weighted by molar-refractivity contribution is 0.792. The third-order valence-corrected chi connectivity index (χ3v) is 1.94. The van der Waals surface area contributed by atoms with Crippen LogP contribution in [-0.2, 0) is 0 Å². The van der Waals surface area contributed by atoms with Gasteiger partial charge in [-0.2, -0.15) is 0 Å². The molecule has 4 heteroatoms. The van der Waals surface area contributed by atoms with Gasteiger partial charge in [-0.1, -0.05) is 0 Å². The van der Waals surface area contributed by atoms with E-state index in [2.05, 4.69) is 16.0 Å². The van der Waals surface area contributed by atoms with Crippen molar-refractivity contribution in [3.05, 3.63) is 30.2 Å². The Hall–Kier alpha value is -1.06. The summed E-state index contributed by atoms with van der Waals surface area (Å²) >= 11 is 0. The van der Waals surface area contributed by atoms with Gasteiger partial charge in [0, 0.05) is 23.3 Å². The molecule has 2 heterocycles. The van der Waals surface area contributed by atoms with E-state index >= 15 is 0 Å². The lowest BCUT2D eigenvalue weighted by Gasteiger charge is -1.98. The Kier molecular flexibility index (Phi) is 2.90. The van der Waals surface area contributed by atoms with E-state index in [1.165, 1.54) is 0 Å². The van der Waals surface area contributed by atoms with Crippen LogP contribution in [0.2, 0.25) is 0 Å². The first-order chi connectivity index (χ1) is 5.77. The molecule has 0 spiro atoms. The van der Waals surface area contributed by atoms with Gasteiger partial charge in [-0.25, -0.2) is 0 Å². The lowest BCUT2D eigenvalue weighted by Crippen LogP contribution is -2.04. The van der Waals surface area contributed by atoms with Crippen LogP contribution in [0.1, 0.15) is 18.7 Å². The molecule has 2 aromatic rings. The van der Waals surface area contributed by atoms with Gasteiger partial charge in [0.1, 0.15) is 0 Å². The molecule has 1 unspecified atom stereocenters. The van der Waals surface area contributed by atoms with E-state index in [1.54, 1.807) is 12.4 Å². The largest absolute Gasteiger partial charge is 0.356 e. The van der Waals surface area contributed by atoms with Crippen LogP contribution < -0.4 is 5.73 Å². The zero-order chi connectivity index (χ0) is 8.55. The molecule has 0 aliphatic carbocycles. The van der Waals surface area contributed by atoms with Gasteiger partial charge in [0.2, 0.25) is 0 Å². The van der Waals surface area contributed by atoms with Crippen molar-refractivity contribution in [1.82, 2.24) is 9.97 Å². The average Bonchev–Trinajstić information content (AvgIpc) is 2.46. The topological polar surface area (TPSA) is 54.7 Å². The van der Waals surface area contributed by atoms with Crippen LogP contribution in [-0.4, -0.2) is 9.97 Å². The van der Waals surface area contributed by atoms with E-state index in [-0.39, 0.29) is 18.4 Å². The van der Waals surface area contributed by atoms with Gasteiger partial charge in [-0.15, -0.1) is 12.4 Å². The number of nitrogens with zero attached hydrogens (tertiary/aromatic N) is 1. The standard InChI is InChI=1S/C9H11N3.ClH/c1-6(10)8-4-7-2-3-11-5-9(7)12-8;/h2-6,12H,10H2,1H3;1H. The first-order valence-electron chi connectivity index (χ1n) is 3.95.